The molecule has 1 aromatic carbocycles. The maximum Gasteiger partial charge on any atom is 0.241 e. The van der Waals surface area contributed by atoms with Crippen molar-refractivity contribution >= 4 is 0 Å². The molecule has 3 aromatic heterocycles. The van der Waals surface area contributed by atoms with Crippen LogP contribution in [0.4, 0.5) is 0 Å². The Bertz CT molecular complexity index is 913. The Balaban J connectivity index is 1.37. The Morgan fingerprint density at radius 3 is 2.72 bits per heavy atom. The van der Waals surface area contributed by atoms with Crippen molar-refractivity contribution in [2.45, 2.75) is 19.6 Å². The van der Waals surface area contributed by atoms with Crippen molar-refractivity contribution < 1.29 is 8.94 Å². The van der Waals surface area contributed by atoms with Gasteiger partial charge in [-0.25, -0.2) is 0 Å². The van der Waals surface area contributed by atoms with Crippen LogP contribution >= 0.6 is 0 Å². The van der Waals surface area contributed by atoms with Gasteiger partial charge in [0.2, 0.25) is 11.7 Å². The van der Waals surface area contributed by atoms with Crippen LogP contribution in [-0.2, 0) is 19.6 Å². The molecule has 4 aromatic rings. The molecular formula is C18H17N5O2. The molecule has 0 unspecified atom stereocenters. The molecule has 126 valence electrons. The molecule has 0 saturated heterocycles. The van der Waals surface area contributed by atoms with Crippen molar-refractivity contribution in [1.29, 1.82) is 0 Å². The number of benzene rings is 1. The second-order valence-electron chi connectivity index (χ2n) is 5.56. The van der Waals surface area contributed by atoms with Gasteiger partial charge in [0.15, 0.2) is 5.76 Å². The highest BCUT2D eigenvalue weighted by Gasteiger charge is 2.10. The van der Waals surface area contributed by atoms with Gasteiger partial charge in [-0.3, -0.25) is 4.68 Å². The summed E-state index contributed by atoms with van der Waals surface area (Å²) in [6.07, 6.45) is 5.33. The zero-order valence-electron chi connectivity index (χ0n) is 13.5. The van der Waals surface area contributed by atoms with Crippen LogP contribution in [0.5, 0.6) is 0 Å². The van der Waals surface area contributed by atoms with Crippen molar-refractivity contribution in [2.75, 3.05) is 0 Å². The van der Waals surface area contributed by atoms with E-state index < -0.39 is 0 Å². The van der Waals surface area contributed by atoms with Crippen LogP contribution in [0.15, 0.2) is 70.1 Å². The highest BCUT2D eigenvalue weighted by atomic mass is 16.5. The Kier molecular flexibility index (Phi) is 4.38. The predicted octanol–water partition coefficient (Wildman–Crippen LogP) is 2.86. The first kappa shape index (κ1) is 15.3. The van der Waals surface area contributed by atoms with Crippen LogP contribution in [-0.4, -0.2) is 19.9 Å². The maximum atomic E-state index is 5.26. The normalized spacial score (nSPS) is 11.0. The molecule has 1 N–H and O–H groups in total. The molecule has 7 nitrogen and oxygen atoms in total. The molecular weight excluding hydrogens is 318 g/mol. The van der Waals surface area contributed by atoms with Gasteiger partial charge < -0.3 is 14.3 Å². The lowest BCUT2D eigenvalue weighted by Crippen LogP contribution is -2.15. The van der Waals surface area contributed by atoms with Gasteiger partial charge in [0.05, 0.1) is 19.4 Å². The standard InChI is InChI=1S/C18H17N5O2/c1-2-6-15(13-23-9-4-8-20-23)14(5-1)11-19-12-17-21-18(22-25-17)16-7-3-10-24-16/h1-10,19H,11-13H2. The Morgan fingerprint density at radius 1 is 1.00 bits per heavy atom. The van der Waals surface area contributed by atoms with Crippen LogP contribution in [0.2, 0.25) is 0 Å². The largest absolute Gasteiger partial charge is 0.461 e. The first-order valence-electron chi connectivity index (χ1n) is 8.00. The number of aromatic nitrogens is 4. The fraction of sp³-hybridized carbons (Fsp3) is 0.167. The molecule has 0 bridgehead atoms. The van der Waals surface area contributed by atoms with E-state index in [1.165, 1.54) is 11.1 Å². The molecule has 0 spiro atoms. The summed E-state index contributed by atoms with van der Waals surface area (Å²) < 4.78 is 12.4. The van der Waals surface area contributed by atoms with E-state index >= 15 is 0 Å². The van der Waals surface area contributed by atoms with E-state index in [-0.39, 0.29) is 0 Å². The van der Waals surface area contributed by atoms with E-state index in [9.17, 15) is 0 Å². The van der Waals surface area contributed by atoms with Gasteiger partial charge in [0.1, 0.15) is 0 Å². The lowest BCUT2D eigenvalue weighted by Gasteiger charge is -2.10. The number of nitrogens with one attached hydrogen (secondary N) is 1. The fourth-order valence-corrected chi connectivity index (χ4v) is 2.59. The molecule has 0 aliphatic carbocycles. The van der Waals surface area contributed by atoms with E-state index in [4.69, 9.17) is 8.94 Å². The maximum absolute atomic E-state index is 5.26. The summed E-state index contributed by atoms with van der Waals surface area (Å²) >= 11 is 0. The number of furan rings is 1. The monoisotopic (exact) mass is 335 g/mol. The van der Waals surface area contributed by atoms with Crippen LogP contribution in [0.3, 0.4) is 0 Å². The molecule has 0 aliphatic heterocycles. The first-order valence-corrected chi connectivity index (χ1v) is 8.00. The molecule has 25 heavy (non-hydrogen) atoms. The van der Waals surface area contributed by atoms with Gasteiger partial charge >= 0.3 is 0 Å². The van der Waals surface area contributed by atoms with Gasteiger partial charge in [0.25, 0.3) is 0 Å². The van der Waals surface area contributed by atoms with Crippen LogP contribution in [0.1, 0.15) is 17.0 Å². The minimum Gasteiger partial charge on any atom is -0.461 e. The molecule has 0 amide bonds. The van der Waals surface area contributed by atoms with Gasteiger partial charge in [-0.1, -0.05) is 29.4 Å². The van der Waals surface area contributed by atoms with Gasteiger partial charge in [0, 0.05) is 18.9 Å². The average Bonchev–Trinajstić information content (AvgIpc) is 3.39. The highest BCUT2D eigenvalue weighted by molar-refractivity contribution is 5.44. The molecule has 7 heteroatoms. The van der Waals surface area contributed by atoms with Crippen molar-refractivity contribution in [2.24, 2.45) is 0 Å². The molecule has 0 atom stereocenters. The molecule has 0 saturated carbocycles. The van der Waals surface area contributed by atoms with Gasteiger partial charge in [-0.15, -0.1) is 0 Å². The number of hydrogen-bond donors (Lipinski definition) is 1. The number of nitrogens with zero attached hydrogens (tertiary/aromatic N) is 4. The summed E-state index contributed by atoms with van der Waals surface area (Å²) in [5.41, 5.74) is 2.43. The second-order valence-corrected chi connectivity index (χ2v) is 5.56. The summed E-state index contributed by atoms with van der Waals surface area (Å²) in [5, 5.41) is 11.5. The fourth-order valence-electron chi connectivity index (χ4n) is 2.59. The zero-order chi connectivity index (χ0) is 16.9. The molecule has 4 rings (SSSR count). The van der Waals surface area contributed by atoms with Crippen molar-refractivity contribution in [3.63, 3.8) is 0 Å². The number of hydrogen-bond acceptors (Lipinski definition) is 6. The van der Waals surface area contributed by atoms with Crippen molar-refractivity contribution in [3.8, 4) is 11.6 Å². The Hall–Kier alpha value is -3.19. The lowest BCUT2D eigenvalue weighted by atomic mass is 10.1. The Morgan fingerprint density at radius 2 is 1.92 bits per heavy atom. The van der Waals surface area contributed by atoms with E-state index in [0.717, 1.165) is 6.54 Å². The molecule has 0 fully saturated rings. The second kappa shape index (κ2) is 7.14. The molecule has 0 aliphatic rings. The van der Waals surface area contributed by atoms with E-state index in [1.54, 1.807) is 24.6 Å². The van der Waals surface area contributed by atoms with Crippen LogP contribution in [0.25, 0.3) is 11.6 Å². The number of rotatable bonds is 7. The highest BCUT2D eigenvalue weighted by Crippen LogP contribution is 2.16. The summed E-state index contributed by atoms with van der Waals surface area (Å²) in [6, 6.07) is 13.8. The van der Waals surface area contributed by atoms with E-state index in [2.05, 4.69) is 32.7 Å². The van der Waals surface area contributed by atoms with Crippen LogP contribution < -0.4 is 5.32 Å². The molecule has 3 heterocycles. The summed E-state index contributed by atoms with van der Waals surface area (Å²) in [5.74, 6) is 1.58. The minimum atomic E-state index is 0.459. The third-order valence-corrected chi connectivity index (χ3v) is 3.81. The first-order chi connectivity index (χ1) is 12.4. The Labute approximate surface area is 144 Å². The SMILES string of the molecule is c1coc(-c2noc(CNCc3ccccc3Cn3cccn3)n2)c1. The van der Waals surface area contributed by atoms with Gasteiger partial charge in [-0.05, 0) is 29.3 Å². The topological polar surface area (TPSA) is 81.9 Å². The average molecular weight is 335 g/mol. The molecule has 0 radical (unpaired) electrons. The zero-order valence-corrected chi connectivity index (χ0v) is 13.5. The predicted molar refractivity (Wildman–Crippen MR) is 90.3 cm³/mol. The third-order valence-electron chi connectivity index (χ3n) is 3.81. The third kappa shape index (κ3) is 3.67. The smallest absolute Gasteiger partial charge is 0.241 e. The lowest BCUT2D eigenvalue weighted by molar-refractivity contribution is 0.366. The summed E-state index contributed by atoms with van der Waals surface area (Å²) in [4.78, 5) is 4.32. The van der Waals surface area contributed by atoms with E-state index in [0.29, 0.717) is 30.6 Å². The van der Waals surface area contributed by atoms with Crippen LogP contribution in [0, 0.1) is 0 Å². The van der Waals surface area contributed by atoms with Gasteiger partial charge in [-0.2, -0.15) is 10.1 Å². The van der Waals surface area contributed by atoms with Crippen molar-refractivity contribution in [1.82, 2.24) is 25.2 Å². The summed E-state index contributed by atoms with van der Waals surface area (Å²) in [6.45, 7) is 1.94. The van der Waals surface area contributed by atoms with Crippen molar-refractivity contribution in [3.05, 3.63) is 78.1 Å². The summed E-state index contributed by atoms with van der Waals surface area (Å²) in [7, 11) is 0. The quantitative estimate of drug-likeness (QED) is 0.559. The van der Waals surface area contributed by atoms with E-state index in [1.807, 2.05) is 29.1 Å². The minimum absolute atomic E-state index is 0.459.